The fraction of sp³-hybridized carbons (Fsp3) is 0.0625. The van der Waals surface area contributed by atoms with E-state index in [1.807, 2.05) is 12.1 Å². The molecule has 4 aromatic rings. The van der Waals surface area contributed by atoms with Gasteiger partial charge < -0.3 is 9.15 Å². The highest BCUT2D eigenvalue weighted by molar-refractivity contribution is 5.53. The van der Waals surface area contributed by atoms with Gasteiger partial charge in [-0.2, -0.15) is 0 Å². The molecule has 24 heavy (non-hydrogen) atoms. The molecule has 0 atom stereocenters. The molecule has 4 rings (SSSR count). The second-order valence-corrected chi connectivity index (χ2v) is 4.97. The van der Waals surface area contributed by atoms with Crippen LogP contribution in [-0.2, 0) is 6.61 Å². The first-order chi connectivity index (χ1) is 11.7. The number of oxazole rings is 1. The van der Waals surface area contributed by atoms with Crippen LogP contribution in [0.25, 0.3) is 17.1 Å². The summed E-state index contributed by atoms with van der Waals surface area (Å²) in [5, 5.41) is 7.91. The highest BCUT2D eigenvalue weighted by Crippen LogP contribution is 2.21. The lowest BCUT2D eigenvalue weighted by atomic mass is 10.2. The lowest BCUT2D eigenvalue weighted by Gasteiger charge is -2.00. The molecule has 6 nitrogen and oxygen atoms in total. The second kappa shape index (κ2) is 5.73. The molecule has 0 saturated heterocycles. The van der Waals surface area contributed by atoms with Crippen LogP contribution in [0.3, 0.4) is 0 Å². The Balaban J connectivity index is 1.52. The Morgan fingerprint density at radius 2 is 2.00 bits per heavy atom. The fourth-order valence-corrected chi connectivity index (χ4v) is 2.19. The van der Waals surface area contributed by atoms with Crippen LogP contribution in [0, 0.1) is 11.6 Å². The van der Waals surface area contributed by atoms with E-state index in [1.54, 1.807) is 16.7 Å². The number of hydrogen-bond donors (Lipinski definition) is 0. The lowest BCUT2D eigenvalue weighted by molar-refractivity contribution is 0.273. The molecule has 3 heterocycles. The number of ether oxygens (including phenoxy) is 1. The van der Waals surface area contributed by atoms with Crippen molar-refractivity contribution in [1.82, 2.24) is 19.6 Å². The molecular formula is C16H10F2N4O2. The summed E-state index contributed by atoms with van der Waals surface area (Å²) in [6.45, 7) is 0.100. The van der Waals surface area contributed by atoms with Crippen LogP contribution in [0.4, 0.5) is 8.78 Å². The van der Waals surface area contributed by atoms with E-state index in [0.717, 1.165) is 12.1 Å². The summed E-state index contributed by atoms with van der Waals surface area (Å²) in [4.78, 5) is 4.19. The summed E-state index contributed by atoms with van der Waals surface area (Å²) in [5.41, 5.74) is 1.49. The maximum Gasteiger partial charge on any atom is 0.321 e. The van der Waals surface area contributed by atoms with E-state index in [-0.39, 0.29) is 12.5 Å². The van der Waals surface area contributed by atoms with E-state index in [0.29, 0.717) is 22.9 Å². The molecule has 0 fully saturated rings. The number of benzene rings is 1. The summed E-state index contributed by atoms with van der Waals surface area (Å²) in [6.07, 6.45) is 3.17. The number of aromatic nitrogens is 4. The number of rotatable bonds is 4. The Bertz CT molecular complexity index is 1010. The summed E-state index contributed by atoms with van der Waals surface area (Å²) in [7, 11) is 0. The molecule has 0 aliphatic rings. The van der Waals surface area contributed by atoms with Crippen molar-refractivity contribution in [3.63, 3.8) is 0 Å². The van der Waals surface area contributed by atoms with E-state index in [1.165, 1.54) is 12.3 Å². The normalized spacial score (nSPS) is 11.1. The first-order valence-corrected chi connectivity index (χ1v) is 7.03. The molecule has 1 aromatic carbocycles. The summed E-state index contributed by atoms with van der Waals surface area (Å²) >= 11 is 0. The second-order valence-electron chi connectivity index (χ2n) is 4.97. The molecule has 0 amide bonds. The maximum atomic E-state index is 13.3. The van der Waals surface area contributed by atoms with Crippen molar-refractivity contribution in [3.05, 3.63) is 66.2 Å². The van der Waals surface area contributed by atoms with Gasteiger partial charge in [-0.05, 0) is 30.3 Å². The highest BCUT2D eigenvalue weighted by atomic mass is 19.2. The molecule has 0 N–H and O–H groups in total. The van der Waals surface area contributed by atoms with E-state index in [9.17, 15) is 8.78 Å². The van der Waals surface area contributed by atoms with E-state index < -0.39 is 11.6 Å². The first kappa shape index (κ1) is 14.3. The predicted molar refractivity (Wildman–Crippen MR) is 79.2 cm³/mol. The third-order valence-electron chi connectivity index (χ3n) is 3.35. The van der Waals surface area contributed by atoms with Crippen molar-refractivity contribution >= 4 is 5.65 Å². The van der Waals surface area contributed by atoms with Gasteiger partial charge in [-0.15, -0.1) is 5.10 Å². The summed E-state index contributed by atoms with van der Waals surface area (Å²) in [5.74, 6) is -1.70. The average molecular weight is 328 g/mol. The smallest absolute Gasteiger partial charge is 0.321 e. The van der Waals surface area contributed by atoms with E-state index in [4.69, 9.17) is 9.15 Å². The van der Waals surface area contributed by atoms with Crippen molar-refractivity contribution in [2.24, 2.45) is 0 Å². The zero-order chi connectivity index (χ0) is 16.5. The number of hydrogen-bond acceptors (Lipinski definition) is 5. The van der Waals surface area contributed by atoms with Gasteiger partial charge in [0.1, 0.15) is 18.6 Å². The van der Waals surface area contributed by atoms with Gasteiger partial charge in [-0.1, -0.05) is 11.2 Å². The van der Waals surface area contributed by atoms with Gasteiger partial charge in [0.05, 0.1) is 0 Å². The molecule has 0 saturated carbocycles. The van der Waals surface area contributed by atoms with Crippen LogP contribution in [-0.4, -0.2) is 19.6 Å². The molecule has 0 unspecified atom stereocenters. The van der Waals surface area contributed by atoms with E-state index >= 15 is 0 Å². The number of nitrogens with zero attached hydrogens (tertiary/aromatic N) is 4. The molecular weight excluding hydrogens is 318 g/mol. The van der Waals surface area contributed by atoms with Gasteiger partial charge in [0.2, 0.25) is 5.89 Å². The van der Waals surface area contributed by atoms with E-state index in [2.05, 4.69) is 15.2 Å². The van der Waals surface area contributed by atoms with Crippen LogP contribution >= 0.6 is 0 Å². The quantitative estimate of drug-likeness (QED) is 0.575. The first-order valence-electron chi connectivity index (χ1n) is 7.03. The van der Waals surface area contributed by atoms with Gasteiger partial charge in [-0.3, -0.25) is 4.40 Å². The minimum Gasteiger partial charge on any atom is -0.457 e. The SMILES string of the molecule is Fc1ccc(-c2nc(COc3nnc4ccccn34)co2)cc1F. The molecule has 0 aliphatic heterocycles. The average Bonchev–Trinajstić information content (AvgIpc) is 3.22. The van der Waals surface area contributed by atoms with Crippen LogP contribution in [0.1, 0.15) is 5.69 Å². The largest absolute Gasteiger partial charge is 0.457 e. The molecule has 8 heteroatoms. The van der Waals surface area contributed by atoms with Crippen LogP contribution in [0.5, 0.6) is 6.01 Å². The topological polar surface area (TPSA) is 65.5 Å². The molecule has 0 spiro atoms. The monoisotopic (exact) mass is 328 g/mol. The van der Waals surface area contributed by atoms with Crippen molar-refractivity contribution in [1.29, 1.82) is 0 Å². The van der Waals surface area contributed by atoms with Gasteiger partial charge in [-0.25, -0.2) is 13.8 Å². The molecule has 0 aliphatic carbocycles. The molecule has 120 valence electrons. The number of pyridine rings is 1. The van der Waals surface area contributed by atoms with Crippen molar-refractivity contribution < 1.29 is 17.9 Å². The minimum atomic E-state index is -0.960. The van der Waals surface area contributed by atoms with Crippen molar-refractivity contribution in [2.45, 2.75) is 6.61 Å². The minimum absolute atomic E-state index is 0.100. The Labute approximate surface area is 134 Å². The lowest BCUT2D eigenvalue weighted by Crippen LogP contribution is -1.99. The van der Waals surface area contributed by atoms with Gasteiger partial charge in [0, 0.05) is 11.8 Å². The Morgan fingerprint density at radius 1 is 1.08 bits per heavy atom. The van der Waals surface area contributed by atoms with Crippen molar-refractivity contribution in [2.75, 3.05) is 0 Å². The van der Waals surface area contributed by atoms with Crippen LogP contribution in [0.15, 0.2) is 53.3 Å². The van der Waals surface area contributed by atoms with Gasteiger partial charge >= 0.3 is 6.01 Å². The van der Waals surface area contributed by atoms with Crippen molar-refractivity contribution in [3.8, 4) is 17.5 Å². The summed E-state index contributed by atoms with van der Waals surface area (Å²) in [6, 6.07) is 9.24. The number of halogens is 2. The van der Waals surface area contributed by atoms with Crippen LogP contribution in [0.2, 0.25) is 0 Å². The predicted octanol–water partition coefficient (Wildman–Crippen LogP) is 3.24. The standard InChI is InChI=1S/C16H10F2N4O2/c17-12-5-4-10(7-13(12)18)15-19-11(8-23-15)9-24-16-21-20-14-3-1-2-6-22(14)16/h1-8H,9H2. The zero-order valence-electron chi connectivity index (χ0n) is 12.2. The highest BCUT2D eigenvalue weighted by Gasteiger charge is 2.12. The number of fused-ring (bicyclic) bond motifs is 1. The third kappa shape index (κ3) is 2.58. The van der Waals surface area contributed by atoms with Crippen LogP contribution < -0.4 is 4.74 Å². The maximum absolute atomic E-state index is 13.3. The van der Waals surface area contributed by atoms with Gasteiger partial charge in [0.15, 0.2) is 17.3 Å². The molecule has 0 bridgehead atoms. The third-order valence-corrected chi connectivity index (χ3v) is 3.35. The molecule has 3 aromatic heterocycles. The summed E-state index contributed by atoms with van der Waals surface area (Å²) < 4.78 is 38.8. The van der Waals surface area contributed by atoms with Gasteiger partial charge in [0.25, 0.3) is 0 Å². The Kier molecular flexibility index (Phi) is 3.42. The Hall–Kier alpha value is -3.29. The molecule has 0 radical (unpaired) electrons. The zero-order valence-corrected chi connectivity index (χ0v) is 12.2. The Morgan fingerprint density at radius 3 is 2.88 bits per heavy atom. The fourth-order valence-electron chi connectivity index (χ4n) is 2.19.